The van der Waals surface area contributed by atoms with Crippen molar-refractivity contribution in [3.8, 4) is 0 Å². The topological polar surface area (TPSA) is 121 Å². The van der Waals surface area contributed by atoms with Crippen molar-refractivity contribution < 1.29 is 99.7 Å². The van der Waals surface area contributed by atoms with Crippen LogP contribution in [0.4, 0.5) is 52.7 Å². The first kappa shape index (κ1) is 46.9. The fraction of sp³-hybridized carbons (Fsp3) is 1.00. The van der Waals surface area contributed by atoms with Crippen molar-refractivity contribution in [2.75, 3.05) is 0 Å². The van der Waals surface area contributed by atoms with Gasteiger partial charge in [0.1, 0.15) is 0 Å². The summed E-state index contributed by atoms with van der Waals surface area (Å²) in [7, 11) is 0. The molecule has 18 heteroatoms. The minimum Gasteiger partial charge on any atom is -2.00 e. The normalized spacial score (nSPS) is 13.4. The zero-order valence-electron chi connectivity index (χ0n) is 19.0. The van der Waals surface area contributed by atoms with Crippen molar-refractivity contribution in [3.05, 3.63) is 0 Å². The van der Waals surface area contributed by atoms with E-state index in [1.54, 1.807) is 0 Å². The van der Waals surface area contributed by atoms with Crippen molar-refractivity contribution >= 4 is 0 Å². The van der Waals surface area contributed by atoms with Gasteiger partial charge in [-0.2, -0.15) is 52.7 Å². The second-order valence-electron chi connectivity index (χ2n) is 8.03. The molecule has 0 saturated carbocycles. The van der Waals surface area contributed by atoms with E-state index in [9.17, 15) is 73.1 Å². The molecule has 0 aromatic carbocycles. The minimum absolute atomic E-state index is 0. The fourth-order valence-corrected chi connectivity index (χ4v) is 0. The molecule has 0 aliphatic carbocycles. The second kappa shape index (κ2) is 14.4. The molecule has 0 N–H and O–H groups in total. The van der Waals surface area contributed by atoms with Gasteiger partial charge in [-0.3, -0.25) is 0 Å². The van der Waals surface area contributed by atoms with Crippen molar-refractivity contribution in [2.24, 2.45) is 0 Å². The predicted molar refractivity (Wildman–Crippen MR) is 81.2 cm³/mol. The molecule has 0 rings (SSSR count). The SMILES string of the molecule is CC(C)([O-])C(F)(F)F.CC(C)([O-])C(F)(F)F.CC(C)([O-])C(F)(F)F.CC(C)([O-])C(F)(F)F.[O-2].[W]. The van der Waals surface area contributed by atoms with Crippen LogP contribution in [-0.2, 0) is 26.5 Å². The summed E-state index contributed by atoms with van der Waals surface area (Å²) in [6.07, 6.45) is -18.5. The van der Waals surface area contributed by atoms with E-state index in [1.807, 2.05) is 0 Å². The van der Waals surface area contributed by atoms with Gasteiger partial charge >= 0.3 is 24.7 Å². The van der Waals surface area contributed by atoms with Crippen molar-refractivity contribution in [3.63, 3.8) is 0 Å². The number of rotatable bonds is 0. The molecule has 0 fully saturated rings. The maximum Gasteiger partial charge on any atom is 0.379 e. The predicted octanol–water partition coefficient (Wildman–Crippen LogP) is 2.63. The third-order valence-electron chi connectivity index (χ3n) is 2.73. The minimum atomic E-state index is -4.62. The van der Waals surface area contributed by atoms with Gasteiger partial charge in [0.25, 0.3) is 0 Å². The van der Waals surface area contributed by atoms with Gasteiger partial charge in [0.2, 0.25) is 0 Å². The zero-order valence-corrected chi connectivity index (χ0v) is 21.9. The van der Waals surface area contributed by atoms with E-state index in [1.165, 1.54) is 0 Å². The molecule has 0 radical (unpaired) electrons. The molecule has 0 aliphatic heterocycles. The van der Waals surface area contributed by atoms with Crippen LogP contribution >= 0.6 is 0 Å². The van der Waals surface area contributed by atoms with Crippen LogP contribution in [0.25, 0.3) is 0 Å². The first-order valence-electron chi connectivity index (χ1n) is 8.08. The average molecular weight is 708 g/mol. The smallest absolute Gasteiger partial charge is 0.379 e. The van der Waals surface area contributed by atoms with E-state index in [4.69, 9.17) is 0 Å². The molecule has 0 bridgehead atoms. The Bertz CT molecular complexity index is 370. The summed E-state index contributed by atoms with van der Waals surface area (Å²) in [6.45, 7) is 4.72. The maximum absolute atomic E-state index is 11.2. The monoisotopic (exact) mass is 708 g/mol. The van der Waals surface area contributed by atoms with Crippen molar-refractivity contribution in [2.45, 2.75) is 102 Å². The van der Waals surface area contributed by atoms with Gasteiger partial charge in [0.05, 0.1) is 0 Å². The van der Waals surface area contributed by atoms with Crippen molar-refractivity contribution in [1.29, 1.82) is 0 Å². The van der Waals surface area contributed by atoms with Crippen LogP contribution in [0.15, 0.2) is 0 Å². The molecule has 5 nitrogen and oxygen atoms in total. The van der Waals surface area contributed by atoms with Crippen LogP contribution in [0.3, 0.4) is 0 Å². The number of hydrogen-bond donors (Lipinski definition) is 0. The summed E-state index contributed by atoms with van der Waals surface area (Å²) in [5.74, 6) is 0. The van der Waals surface area contributed by atoms with Gasteiger partial charge in [-0.05, 0) is 22.4 Å². The van der Waals surface area contributed by atoms with Gasteiger partial charge in [0, 0.05) is 21.1 Å². The van der Waals surface area contributed by atoms with E-state index in [0.717, 1.165) is 0 Å². The second-order valence-corrected chi connectivity index (χ2v) is 8.03. The molecular weight excluding hydrogens is 684 g/mol. The Kier molecular flexibility index (Phi) is 19.9. The summed E-state index contributed by atoms with van der Waals surface area (Å²) in [5.41, 5.74) is -11.2. The largest absolute Gasteiger partial charge is 2.00 e. The third kappa shape index (κ3) is 23.4. The fourth-order valence-electron chi connectivity index (χ4n) is 0. The molecule has 0 heterocycles. The first-order chi connectivity index (χ1) is 13.0. The number of alkyl halides is 12. The quantitative estimate of drug-likeness (QED) is 0.360. The van der Waals surface area contributed by atoms with Crippen LogP contribution in [-0.4, -0.2) is 47.1 Å². The molecule has 0 saturated heterocycles. The van der Waals surface area contributed by atoms with Crippen molar-refractivity contribution in [1.82, 2.24) is 0 Å². The molecule has 34 heavy (non-hydrogen) atoms. The Morgan fingerprint density at radius 1 is 0.324 bits per heavy atom. The Hall–Kier alpha value is -0.352. The van der Waals surface area contributed by atoms with Crippen LogP contribution in [0.5, 0.6) is 0 Å². The van der Waals surface area contributed by atoms with Gasteiger partial charge in [-0.1, -0.05) is 55.4 Å². The van der Waals surface area contributed by atoms with Gasteiger partial charge in [-0.25, -0.2) is 0 Å². The van der Waals surface area contributed by atoms with Gasteiger partial charge in [0.15, 0.2) is 0 Å². The van der Waals surface area contributed by atoms with E-state index < -0.39 is 47.1 Å². The van der Waals surface area contributed by atoms with E-state index in [-0.39, 0.29) is 26.5 Å². The van der Waals surface area contributed by atoms with Gasteiger partial charge in [-0.15, -0.1) is 0 Å². The zero-order chi connectivity index (χ0) is 28.0. The van der Waals surface area contributed by atoms with E-state index in [2.05, 4.69) is 0 Å². The Morgan fingerprint density at radius 3 is 0.353 bits per heavy atom. The summed E-state index contributed by atoms with van der Waals surface area (Å²) in [6, 6.07) is 0. The molecule has 0 aromatic heterocycles. The summed E-state index contributed by atoms with van der Waals surface area (Å²) >= 11 is 0. The molecule has 0 atom stereocenters. The standard InChI is InChI=1S/4C4H6F3O.O.W/c4*1-3(2,8)4(5,6)7;;/h4*1-2H3;;/q4*-1;-2;. The van der Waals surface area contributed by atoms with Gasteiger partial charge < -0.3 is 25.9 Å². The van der Waals surface area contributed by atoms with E-state index in [0.29, 0.717) is 55.4 Å². The summed E-state index contributed by atoms with van der Waals surface area (Å²) in [4.78, 5) is 0. The van der Waals surface area contributed by atoms with E-state index >= 15 is 0 Å². The third-order valence-corrected chi connectivity index (χ3v) is 2.73. The van der Waals surface area contributed by atoms with Crippen LogP contribution in [0.2, 0.25) is 0 Å². The molecule has 0 spiro atoms. The Morgan fingerprint density at radius 2 is 0.353 bits per heavy atom. The molecule has 0 unspecified atom stereocenters. The molecule has 0 aromatic rings. The van der Waals surface area contributed by atoms with Crippen LogP contribution in [0, 0.1) is 0 Å². The van der Waals surface area contributed by atoms with Crippen LogP contribution < -0.4 is 20.4 Å². The Balaban J connectivity index is -0.0000000754. The Labute approximate surface area is 202 Å². The number of halogens is 12. The molecular formula is C16H24F12O5W-6. The summed E-state index contributed by atoms with van der Waals surface area (Å²) < 4.78 is 135. The number of hydrogen-bond acceptors (Lipinski definition) is 4. The first-order valence-corrected chi connectivity index (χ1v) is 8.08. The maximum atomic E-state index is 11.2. The molecule has 214 valence electrons. The van der Waals surface area contributed by atoms with Crippen LogP contribution in [0.1, 0.15) is 55.4 Å². The molecule has 0 amide bonds. The summed E-state index contributed by atoms with van der Waals surface area (Å²) in [5, 5.41) is 40.0. The average Bonchev–Trinajstić information content (AvgIpc) is 2.30. The molecule has 0 aliphatic rings.